The molecule has 0 bridgehead atoms. The van der Waals surface area contributed by atoms with Crippen LogP contribution in [-0.2, 0) is 6.54 Å². The van der Waals surface area contributed by atoms with Gasteiger partial charge in [0.05, 0.1) is 0 Å². The van der Waals surface area contributed by atoms with Crippen molar-refractivity contribution in [2.45, 2.75) is 38.8 Å². The quantitative estimate of drug-likeness (QED) is 0.879. The van der Waals surface area contributed by atoms with Crippen LogP contribution in [0.25, 0.3) is 10.8 Å². The molecule has 1 aliphatic heterocycles. The molecule has 0 spiro atoms. The Kier molecular flexibility index (Phi) is 3.43. The molecule has 0 radical (unpaired) electrons. The zero-order valence-corrected chi connectivity index (χ0v) is 11.5. The molecule has 1 aliphatic rings. The number of rotatable bonds is 2. The van der Waals surface area contributed by atoms with E-state index in [1.54, 1.807) is 0 Å². The molecule has 2 heteroatoms. The topological polar surface area (TPSA) is 23.5 Å². The number of phenolic OH excluding ortho intramolecular Hbond substituents is 1. The van der Waals surface area contributed by atoms with Gasteiger partial charge in [0, 0.05) is 18.2 Å². The fourth-order valence-corrected chi connectivity index (χ4v) is 3.09. The summed E-state index contributed by atoms with van der Waals surface area (Å²) in [5, 5.41) is 12.6. The van der Waals surface area contributed by atoms with Crippen molar-refractivity contribution in [1.82, 2.24) is 4.90 Å². The van der Waals surface area contributed by atoms with Crippen molar-refractivity contribution in [1.29, 1.82) is 0 Å². The molecule has 0 amide bonds. The molecule has 1 fully saturated rings. The molecule has 3 rings (SSSR count). The maximum Gasteiger partial charge on any atom is 0.120 e. The lowest BCUT2D eigenvalue weighted by molar-refractivity contribution is 0.152. The van der Waals surface area contributed by atoms with E-state index in [1.807, 2.05) is 24.3 Å². The highest BCUT2D eigenvalue weighted by Gasteiger charge is 2.20. The first-order chi connectivity index (χ1) is 9.25. The lowest BCUT2D eigenvalue weighted by Crippen LogP contribution is -2.36. The van der Waals surface area contributed by atoms with Crippen LogP contribution in [0.3, 0.4) is 0 Å². The van der Waals surface area contributed by atoms with Gasteiger partial charge >= 0.3 is 0 Å². The Morgan fingerprint density at radius 2 is 2.00 bits per heavy atom. The first-order valence-electron chi connectivity index (χ1n) is 7.19. The van der Waals surface area contributed by atoms with E-state index in [9.17, 15) is 5.11 Å². The maximum atomic E-state index is 10.2. The van der Waals surface area contributed by atoms with Gasteiger partial charge in [-0.15, -0.1) is 0 Å². The summed E-state index contributed by atoms with van der Waals surface area (Å²) in [4.78, 5) is 2.49. The monoisotopic (exact) mass is 255 g/mol. The molecule has 2 nitrogen and oxygen atoms in total. The molecule has 2 aromatic rings. The third-order valence-corrected chi connectivity index (χ3v) is 4.32. The largest absolute Gasteiger partial charge is 0.508 e. The van der Waals surface area contributed by atoms with Crippen molar-refractivity contribution < 1.29 is 5.11 Å². The van der Waals surface area contributed by atoms with E-state index < -0.39 is 0 Å². The Hall–Kier alpha value is -1.54. The molecule has 0 saturated carbocycles. The molecule has 0 aliphatic carbocycles. The van der Waals surface area contributed by atoms with Crippen molar-refractivity contribution in [2.75, 3.05) is 6.54 Å². The summed E-state index contributed by atoms with van der Waals surface area (Å²) in [5.41, 5.74) is 1.08. The molecule has 19 heavy (non-hydrogen) atoms. The molecule has 0 unspecified atom stereocenters. The second kappa shape index (κ2) is 5.22. The fraction of sp³-hybridized carbons (Fsp3) is 0.412. The average Bonchev–Trinajstić information content (AvgIpc) is 2.44. The minimum absolute atomic E-state index is 0.427. The third-order valence-electron chi connectivity index (χ3n) is 4.32. The Morgan fingerprint density at radius 3 is 2.84 bits per heavy atom. The number of piperidine rings is 1. The SMILES string of the molecule is C[C@@H]1CCCCN1Cc1c(O)ccc2ccccc12. The van der Waals surface area contributed by atoms with E-state index in [4.69, 9.17) is 0 Å². The summed E-state index contributed by atoms with van der Waals surface area (Å²) < 4.78 is 0. The summed E-state index contributed by atoms with van der Waals surface area (Å²) >= 11 is 0. The van der Waals surface area contributed by atoms with Gasteiger partial charge in [0.25, 0.3) is 0 Å². The number of likely N-dealkylation sites (tertiary alicyclic amines) is 1. The van der Waals surface area contributed by atoms with E-state index in [0.29, 0.717) is 11.8 Å². The summed E-state index contributed by atoms with van der Waals surface area (Å²) in [7, 11) is 0. The molecule has 1 heterocycles. The van der Waals surface area contributed by atoms with Crippen molar-refractivity contribution in [3.05, 3.63) is 42.0 Å². The highest BCUT2D eigenvalue weighted by atomic mass is 16.3. The lowest BCUT2D eigenvalue weighted by atomic mass is 9.99. The van der Waals surface area contributed by atoms with Crippen molar-refractivity contribution in [3.63, 3.8) is 0 Å². The van der Waals surface area contributed by atoms with Crippen LogP contribution in [0.4, 0.5) is 0 Å². The molecule has 2 aromatic carbocycles. The number of hydrogen-bond donors (Lipinski definition) is 1. The van der Waals surface area contributed by atoms with E-state index in [0.717, 1.165) is 18.7 Å². The van der Waals surface area contributed by atoms with Crippen molar-refractivity contribution in [3.8, 4) is 5.75 Å². The number of hydrogen-bond acceptors (Lipinski definition) is 2. The summed E-state index contributed by atoms with van der Waals surface area (Å²) in [6, 6.07) is 12.8. The summed E-state index contributed by atoms with van der Waals surface area (Å²) in [6.45, 7) is 4.29. The molecule has 1 N–H and O–H groups in total. The van der Waals surface area contributed by atoms with Gasteiger partial charge in [0.2, 0.25) is 0 Å². The lowest BCUT2D eigenvalue weighted by Gasteiger charge is -2.33. The zero-order chi connectivity index (χ0) is 13.2. The summed E-state index contributed by atoms with van der Waals surface area (Å²) in [6.07, 6.45) is 3.88. The predicted octanol–water partition coefficient (Wildman–Crippen LogP) is 3.92. The Bertz CT molecular complexity index is 578. The van der Waals surface area contributed by atoms with Crippen LogP contribution in [0.5, 0.6) is 5.75 Å². The second-order valence-electron chi connectivity index (χ2n) is 5.60. The van der Waals surface area contributed by atoms with Crippen LogP contribution in [0, 0.1) is 0 Å². The molecular weight excluding hydrogens is 234 g/mol. The smallest absolute Gasteiger partial charge is 0.120 e. The average molecular weight is 255 g/mol. The minimum Gasteiger partial charge on any atom is -0.508 e. The van der Waals surface area contributed by atoms with Crippen LogP contribution in [-0.4, -0.2) is 22.6 Å². The predicted molar refractivity (Wildman–Crippen MR) is 79.3 cm³/mol. The molecule has 1 saturated heterocycles. The highest BCUT2D eigenvalue weighted by Crippen LogP contribution is 2.30. The van der Waals surface area contributed by atoms with Crippen molar-refractivity contribution in [2.24, 2.45) is 0 Å². The zero-order valence-electron chi connectivity index (χ0n) is 11.5. The summed E-state index contributed by atoms with van der Waals surface area (Å²) in [5.74, 6) is 0.427. The van der Waals surface area contributed by atoms with Gasteiger partial charge in [-0.1, -0.05) is 36.8 Å². The van der Waals surface area contributed by atoms with Gasteiger partial charge in [-0.25, -0.2) is 0 Å². The van der Waals surface area contributed by atoms with E-state index >= 15 is 0 Å². The van der Waals surface area contributed by atoms with Crippen molar-refractivity contribution >= 4 is 10.8 Å². The number of nitrogens with zero attached hydrogens (tertiary/aromatic N) is 1. The van der Waals surface area contributed by atoms with Crippen LogP contribution < -0.4 is 0 Å². The number of benzene rings is 2. The molecule has 0 aromatic heterocycles. The first kappa shape index (κ1) is 12.5. The Balaban J connectivity index is 1.97. The number of aromatic hydroxyl groups is 1. The molecule has 1 atom stereocenters. The first-order valence-corrected chi connectivity index (χ1v) is 7.19. The van der Waals surface area contributed by atoms with Gasteiger partial charge in [-0.3, -0.25) is 4.90 Å². The van der Waals surface area contributed by atoms with Gasteiger partial charge < -0.3 is 5.11 Å². The number of fused-ring (bicyclic) bond motifs is 1. The standard InChI is InChI=1S/C17H21NO/c1-13-6-4-5-11-18(13)12-16-15-8-3-2-7-14(15)9-10-17(16)19/h2-3,7-10,13,19H,4-6,11-12H2,1H3/t13-/m1/s1. The van der Waals surface area contributed by atoms with Crippen LogP contribution in [0.15, 0.2) is 36.4 Å². The van der Waals surface area contributed by atoms with Crippen LogP contribution in [0.1, 0.15) is 31.7 Å². The second-order valence-corrected chi connectivity index (χ2v) is 5.60. The van der Waals surface area contributed by atoms with Crippen LogP contribution >= 0.6 is 0 Å². The Morgan fingerprint density at radius 1 is 1.16 bits per heavy atom. The minimum atomic E-state index is 0.427. The number of phenols is 1. The van der Waals surface area contributed by atoms with Gasteiger partial charge in [-0.05, 0) is 43.1 Å². The van der Waals surface area contributed by atoms with Gasteiger partial charge in [-0.2, -0.15) is 0 Å². The van der Waals surface area contributed by atoms with E-state index in [1.165, 1.54) is 30.0 Å². The van der Waals surface area contributed by atoms with Crippen LogP contribution in [0.2, 0.25) is 0 Å². The van der Waals surface area contributed by atoms with Gasteiger partial charge in [0.1, 0.15) is 5.75 Å². The molecule has 100 valence electrons. The highest BCUT2D eigenvalue weighted by molar-refractivity contribution is 5.87. The van der Waals surface area contributed by atoms with E-state index in [-0.39, 0.29) is 0 Å². The maximum absolute atomic E-state index is 10.2. The third kappa shape index (κ3) is 2.45. The Labute approximate surface area is 114 Å². The fourth-order valence-electron chi connectivity index (χ4n) is 3.09. The molecular formula is C17H21NO. The van der Waals surface area contributed by atoms with Gasteiger partial charge in [0.15, 0.2) is 0 Å². The normalized spacial score (nSPS) is 20.8. The van der Waals surface area contributed by atoms with E-state index in [2.05, 4.69) is 24.0 Å².